The van der Waals surface area contributed by atoms with Gasteiger partial charge < -0.3 is 30.1 Å². The molecule has 2 aliphatic carbocycles. The molecule has 2 fully saturated rings. The molecule has 4 aromatic rings. The third kappa shape index (κ3) is 21.4. The smallest absolute Gasteiger partial charge is 0.274 e. The van der Waals surface area contributed by atoms with E-state index in [2.05, 4.69) is 17.1 Å². The number of aliphatic hydroxyl groups is 2. The Bertz CT molecular complexity index is 2340. The van der Waals surface area contributed by atoms with Gasteiger partial charge in [0.2, 0.25) is 5.91 Å². The summed E-state index contributed by atoms with van der Waals surface area (Å²) in [4.78, 5) is 50.4. The molecule has 2 aliphatic rings. The van der Waals surface area contributed by atoms with Gasteiger partial charge in [-0.2, -0.15) is 0 Å². The van der Waals surface area contributed by atoms with E-state index >= 15 is 0 Å². The molecular weight excluding hydrogens is 919 g/mol. The maximum absolute atomic E-state index is 14.2. The van der Waals surface area contributed by atoms with Gasteiger partial charge in [-0.1, -0.05) is 119 Å². The van der Waals surface area contributed by atoms with Crippen LogP contribution < -0.4 is 15.5 Å². The van der Waals surface area contributed by atoms with E-state index in [4.69, 9.17) is 20.2 Å². The van der Waals surface area contributed by atoms with Crippen molar-refractivity contribution in [3.63, 3.8) is 0 Å². The largest absolute Gasteiger partial charge is 0.496 e. The van der Waals surface area contributed by atoms with Gasteiger partial charge in [0, 0.05) is 55.0 Å². The Balaban J connectivity index is 0.000000236. The summed E-state index contributed by atoms with van der Waals surface area (Å²) in [5, 5.41) is 29.3. The molecule has 390 valence electrons. The van der Waals surface area contributed by atoms with E-state index < -0.39 is 24.9 Å². The zero-order valence-corrected chi connectivity index (χ0v) is 42.4. The van der Waals surface area contributed by atoms with Crippen molar-refractivity contribution in [2.75, 3.05) is 47.0 Å². The highest BCUT2D eigenvalue weighted by molar-refractivity contribution is 5.95. The summed E-state index contributed by atoms with van der Waals surface area (Å²) in [5.41, 5.74) is 6.32. The summed E-state index contributed by atoms with van der Waals surface area (Å²) >= 11 is 0. The fourth-order valence-corrected chi connectivity index (χ4v) is 8.87. The molecule has 0 aromatic heterocycles. The minimum Gasteiger partial charge on any atom is -0.496 e. The van der Waals surface area contributed by atoms with Crippen LogP contribution in [0.2, 0.25) is 0 Å². The summed E-state index contributed by atoms with van der Waals surface area (Å²) in [5.74, 6) is 0.351. The molecular formula is C58H76F2N4O8. The van der Waals surface area contributed by atoms with E-state index in [1.165, 1.54) is 101 Å². The number of ether oxygens (including phenoxy) is 1. The Morgan fingerprint density at radius 3 is 1.83 bits per heavy atom. The number of amides is 2. The molecule has 0 unspecified atom stereocenters. The lowest BCUT2D eigenvalue weighted by Crippen LogP contribution is -2.33. The van der Waals surface area contributed by atoms with Gasteiger partial charge in [-0.05, 0) is 117 Å². The number of methoxy groups -OCH3 is 1. The lowest BCUT2D eigenvalue weighted by molar-refractivity contribution is -0.131. The zero-order valence-electron chi connectivity index (χ0n) is 42.4. The SMILES string of the molecule is CCCCN(Cc1ccc(C(=O)NO)cc1)C(=O)Cc1ccccc1OC.CN(Cc1ccc(/C=C/C(=O)CO)cc1F)CC1CCCCC1.O=C(/C=C/c1ccc(CNCC2CCCCC2)c(F)c1)CO. The first-order chi connectivity index (χ1) is 34.8. The van der Waals surface area contributed by atoms with Crippen LogP contribution in [0.15, 0.2) is 97.1 Å². The number of para-hydroxylation sites is 1. The number of halogens is 2. The van der Waals surface area contributed by atoms with Crippen LogP contribution in [-0.2, 0) is 40.4 Å². The van der Waals surface area contributed by atoms with Crippen molar-refractivity contribution >= 4 is 35.5 Å². The predicted octanol–water partition coefficient (Wildman–Crippen LogP) is 9.67. The Morgan fingerprint density at radius 1 is 0.722 bits per heavy atom. The first-order valence-electron chi connectivity index (χ1n) is 25.4. The fourth-order valence-electron chi connectivity index (χ4n) is 8.87. The van der Waals surface area contributed by atoms with Crippen LogP contribution in [0.25, 0.3) is 12.2 Å². The lowest BCUT2D eigenvalue weighted by Gasteiger charge is -2.27. The van der Waals surface area contributed by atoms with E-state index in [-0.39, 0.29) is 29.7 Å². The Labute approximate surface area is 425 Å². The number of carbonyl (C=O) groups excluding carboxylic acids is 4. The second-order valence-corrected chi connectivity index (χ2v) is 18.7. The van der Waals surface area contributed by atoms with Gasteiger partial charge in [-0.15, -0.1) is 0 Å². The standard InChI is InChI=1S/C21H26N2O4.C19H26FNO2.C18H24FNO2/c1-3-4-13-23(15-16-9-11-17(12-10-16)21(25)22-26)20(24)14-18-7-5-6-8-19(18)27-2;1-21(12-16-5-3-2-4-6-16)13-17-9-7-15(11-19(17)20)8-10-18(23)14-22;19-18-10-14(7-9-17(22)13-21)6-8-16(18)12-20-11-15-4-2-1-3-5-15/h5-12,26H,3-4,13-15H2,1-2H3,(H,22,25);7-11,16,22H,2-6,12-14H2,1H3;6-10,15,20-21H,1-5,11-13H2/b;10-8+;9-7+. The maximum atomic E-state index is 14.2. The van der Waals surface area contributed by atoms with Crippen LogP contribution in [0.4, 0.5) is 8.78 Å². The van der Waals surface area contributed by atoms with Gasteiger partial charge in [-0.3, -0.25) is 24.4 Å². The molecule has 2 amide bonds. The minimum atomic E-state index is -0.559. The summed E-state index contributed by atoms with van der Waals surface area (Å²) < 4.78 is 33.6. The van der Waals surface area contributed by atoms with Crippen LogP contribution in [0.3, 0.4) is 0 Å². The molecule has 0 heterocycles. The second-order valence-electron chi connectivity index (χ2n) is 18.7. The molecule has 0 radical (unpaired) electrons. The highest BCUT2D eigenvalue weighted by Gasteiger charge is 2.19. The molecule has 12 nitrogen and oxygen atoms in total. The van der Waals surface area contributed by atoms with E-state index in [1.807, 2.05) is 36.2 Å². The predicted molar refractivity (Wildman–Crippen MR) is 279 cm³/mol. The molecule has 72 heavy (non-hydrogen) atoms. The Morgan fingerprint density at radius 2 is 1.29 bits per heavy atom. The van der Waals surface area contributed by atoms with Gasteiger partial charge in [0.25, 0.3) is 5.91 Å². The van der Waals surface area contributed by atoms with E-state index in [1.54, 1.807) is 61.1 Å². The molecule has 0 aliphatic heterocycles. The van der Waals surface area contributed by atoms with Crippen molar-refractivity contribution in [2.24, 2.45) is 11.8 Å². The van der Waals surface area contributed by atoms with Crippen molar-refractivity contribution in [1.29, 1.82) is 0 Å². The van der Waals surface area contributed by atoms with Crippen molar-refractivity contribution in [3.05, 3.63) is 148 Å². The topological polar surface area (TPSA) is 169 Å². The number of rotatable bonds is 23. The van der Waals surface area contributed by atoms with Crippen LogP contribution >= 0.6 is 0 Å². The Kier molecular flexibility index (Phi) is 26.8. The number of nitrogens with one attached hydrogen (secondary N) is 2. The molecule has 5 N–H and O–H groups in total. The molecule has 0 saturated heterocycles. The Hall–Kier alpha value is -5.90. The van der Waals surface area contributed by atoms with Crippen LogP contribution in [0, 0.1) is 23.5 Å². The number of nitrogens with zero attached hydrogens (tertiary/aromatic N) is 2. The summed E-state index contributed by atoms with van der Waals surface area (Å²) in [6.45, 7) is 5.27. The highest BCUT2D eigenvalue weighted by Crippen LogP contribution is 2.26. The summed E-state index contributed by atoms with van der Waals surface area (Å²) in [7, 11) is 3.64. The number of hydroxylamine groups is 1. The van der Waals surface area contributed by atoms with Gasteiger partial charge in [0.1, 0.15) is 30.6 Å². The van der Waals surface area contributed by atoms with Crippen molar-refractivity contribution in [3.8, 4) is 5.75 Å². The van der Waals surface area contributed by atoms with Gasteiger partial charge in [0.15, 0.2) is 11.6 Å². The number of aliphatic hydroxyl groups excluding tert-OH is 2. The van der Waals surface area contributed by atoms with Crippen molar-refractivity contribution < 1.29 is 48.1 Å². The number of hydrogen-bond acceptors (Lipinski definition) is 10. The van der Waals surface area contributed by atoms with E-state index in [0.29, 0.717) is 59.7 Å². The quantitative estimate of drug-likeness (QED) is 0.0274. The molecule has 14 heteroatoms. The highest BCUT2D eigenvalue weighted by atomic mass is 19.1. The summed E-state index contributed by atoms with van der Waals surface area (Å²) in [6, 6.07) is 24.3. The fraction of sp³-hybridized carbons (Fsp3) is 0.448. The molecule has 2 saturated carbocycles. The average Bonchev–Trinajstić information content (AvgIpc) is 3.40. The van der Waals surface area contributed by atoms with Crippen LogP contribution in [0.1, 0.15) is 128 Å². The van der Waals surface area contributed by atoms with Crippen LogP contribution in [-0.4, -0.2) is 95.6 Å². The number of ketones is 2. The number of carbonyl (C=O) groups is 4. The molecule has 0 atom stereocenters. The van der Waals surface area contributed by atoms with Gasteiger partial charge >= 0.3 is 0 Å². The van der Waals surface area contributed by atoms with E-state index in [9.17, 15) is 28.0 Å². The first-order valence-corrected chi connectivity index (χ1v) is 25.4. The zero-order chi connectivity index (χ0) is 52.1. The number of unbranched alkanes of at least 4 members (excludes halogenated alkanes) is 1. The minimum absolute atomic E-state index is 0.0325. The lowest BCUT2D eigenvalue weighted by atomic mass is 9.89. The third-order valence-corrected chi connectivity index (χ3v) is 13.0. The molecule has 6 rings (SSSR count). The van der Waals surface area contributed by atoms with Crippen LogP contribution in [0.5, 0.6) is 5.75 Å². The summed E-state index contributed by atoms with van der Waals surface area (Å²) in [6.07, 6.45) is 20.8. The normalized spacial score (nSPS) is 14.1. The van der Waals surface area contributed by atoms with Gasteiger partial charge in [-0.25, -0.2) is 14.3 Å². The number of hydrogen-bond donors (Lipinski definition) is 5. The third-order valence-electron chi connectivity index (χ3n) is 13.0. The average molecular weight is 995 g/mol. The van der Waals surface area contributed by atoms with Crippen molar-refractivity contribution in [1.82, 2.24) is 20.6 Å². The van der Waals surface area contributed by atoms with E-state index in [0.717, 1.165) is 48.9 Å². The second kappa shape index (κ2) is 32.9. The monoisotopic (exact) mass is 995 g/mol. The van der Waals surface area contributed by atoms with Gasteiger partial charge in [0.05, 0.1) is 13.5 Å². The number of benzene rings is 4. The molecule has 0 bridgehead atoms. The molecule has 4 aromatic carbocycles. The first kappa shape index (κ1) is 58.7. The van der Waals surface area contributed by atoms with Crippen molar-refractivity contribution in [2.45, 2.75) is 110 Å². The molecule has 0 spiro atoms. The maximum Gasteiger partial charge on any atom is 0.274 e.